The lowest BCUT2D eigenvalue weighted by Crippen LogP contribution is -2.19. The number of nitrogens with zero attached hydrogens (tertiary/aromatic N) is 2. The van der Waals surface area contributed by atoms with Crippen molar-refractivity contribution in [1.29, 1.82) is 0 Å². The number of thioether (sulfide) groups is 1. The van der Waals surface area contributed by atoms with E-state index in [4.69, 9.17) is 4.74 Å². The predicted octanol–water partition coefficient (Wildman–Crippen LogP) is 5.66. The Morgan fingerprint density at radius 2 is 1.86 bits per heavy atom. The highest BCUT2D eigenvalue weighted by atomic mass is 32.2. The molecule has 0 radical (unpaired) electrons. The molecule has 0 aliphatic heterocycles. The number of ether oxygens (including phenoxy) is 1. The summed E-state index contributed by atoms with van der Waals surface area (Å²) in [7, 11) is 0. The van der Waals surface area contributed by atoms with Crippen LogP contribution in [0.4, 0.5) is 5.82 Å². The number of imidazole rings is 1. The molecule has 29 heavy (non-hydrogen) atoms. The number of esters is 1. The highest BCUT2D eigenvalue weighted by Gasteiger charge is 2.25. The first-order chi connectivity index (χ1) is 13.9. The summed E-state index contributed by atoms with van der Waals surface area (Å²) in [6, 6.07) is 7.24. The molecule has 0 fully saturated rings. The van der Waals surface area contributed by atoms with Crippen molar-refractivity contribution in [2.24, 2.45) is 5.92 Å². The Morgan fingerprint density at radius 1 is 1.24 bits per heavy atom. The summed E-state index contributed by atoms with van der Waals surface area (Å²) in [6.07, 6.45) is 2.79. The Hall–Kier alpha value is -2.28. The number of carbonyl (C=O) groups excluding carboxylic acids is 2. The van der Waals surface area contributed by atoms with E-state index in [-0.39, 0.29) is 19.8 Å². The van der Waals surface area contributed by atoms with Crippen LogP contribution >= 0.6 is 11.8 Å². The van der Waals surface area contributed by atoms with Crippen LogP contribution in [0.1, 0.15) is 68.9 Å². The minimum Gasteiger partial charge on any atom is -0.461 e. The van der Waals surface area contributed by atoms with Crippen molar-refractivity contribution >= 4 is 29.5 Å². The number of rotatable bonds is 8. The van der Waals surface area contributed by atoms with Crippen LogP contribution in [0.25, 0.3) is 0 Å². The molecule has 0 aliphatic rings. The summed E-state index contributed by atoms with van der Waals surface area (Å²) in [5.41, 5.74) is 1.88. The van der Waals surface area contributed by atoms with Gasteiger partial charge < -0.3 is 14.6 Å². The van der Waals surface area contributed by atoms with E-state index >= 15 is 0 Å². The molecule has 0 atom stereocenters. The van der Waals surface area contributed by atoms with Crippen molar-refractivity contribution in [2.75, 3.05) is 18.2 Å². The standard InChI is InChI=1S/C20H27N3O3S.C2H6.H2/c1-6-26-19(25)16-17(21-18(24)15-9-7-14(4)8-10-15)22-20(27-5)23(16)12-11-13(2)3;1-2;/h7-10,13H,6,11-12H2,1-5H3,(H,21,24);1-2H3;1H. The molecule has 0 aliphatic carbocycles. The predicted molar refractivity (Wildman–Crippen MR) is 122 cm³/mol. The lowest BCUT2D eigenvalue weighted by molar-refractivity contribution is 0.0513. The zero-order chi connectivity index (χ0) is 22.0. The molecule has 1 amide bonds. The molecule has 2 rings (SSSR count). The van der Waals surface area contributed by atoms with Crippen LogP contribution in [0.3, 0.4) is 0 Å². The van der Waals surface area contributed by atoms with Gasteiger partial charge in [0.05, 0.1) is 6.61 Å². The van der Waals surface area contributed by atoms with Gasteiger partial charge in [-0.15, -0.1) is 0 Å². The van der Waals surface area contributed by atoms with E-state index in [9.17, 15) is 9.59 Å². The molecule has 0 unspecified atom stereocenters. The molecular weight excluding hydrogens is 386 g/mol. The summed E-state index contributed by atoms with van der Waals surface area (Å²) in [5, 5.41) is 3.46. The molecule has 1 aromatic carbocycles. The van der Waals surface area contributed by atoms with E-state index in [1.54, 1.807) is 19.1 Å². The molecule has 1 aromatic heterocycles. The summed E-state index contributed by atoms with van der Waals surface area (Å²) in [5.74, 6) is -0.0649. The number of anilines is 1. The lowest BCUT2D eigenvalue weighted by atomic mass is 10.1. The highest BCUT2D eigenvalue weighted by molar-refractivity contribution is 7.98. The van der Waals surface area contributed by atoms with Gasteiger partial charge in [0, 0.05) is 13.5 Å². The highest BCUT2D eigenvalue weighted by Crippen LogP contribution is 2.26. The summed E-state index contributed by atoms with van der Waals surface area (Å²) >= 11 is 1.44. The summed E-state index contributed by atoms with van der Waals surface area (Å²) in [6.45, 7) is 12.9. The fourth-order valence-electron chi connectivity index (χ4n) is 2.56. The van der Waals surface area contributed by atoms with E-state index in [0.29, 0.717) is 28.9 Å². The maximum absolute atomic E-state index is 12.6. The summed E-state index contributed by atoms with van der Waals surface area (Å²) < 4.78 is 7.06. The van der Waals surface area contributed by atoms with Crippen molar-refractivity contribution in [3.05, 3.63) is 41.1 Å². The monoisotopic (exact) mass is 421 g/mol. The van der Waals surface area contributed by atoms with Gasteiger partial charge in [-0.1, -0.05) is 57.2 Å². The van der Waals surface area contributed by atoms with Gasteiger partial charge in [-0.25, -0.2) is 9.78 Å². The third-order valence-electron chi connectivity index (χ3n) is 4.06. The van der Waals surface area contributed by atoms with Gasteiger partial charge in [0.25, 0.3) is 5.91 Å². The number of benzene rings is 1. The average Bonchev–Trinajstić information content (AvgIpc) is 3.05. The topological polar surface area (TPSA) is 73.2 Å². The molecule has 0 spiro atoms. The van der Waals surface area contributed by atoms with Gasteiger partial charge in [-0.2, -0.15) is 0 Å². The van der Waals surface area contributed by atoms with Gasteiger partial charge in [0.15, 0.2) is 16.7 Å². The van der Waals surface area contributed by atoms with Crippen molar-refractivity contribution in [3.63, 3.8) is 0 Å². The molecule has 0 bridgehead atoms. The molecular formula is C22H35N3O3S. The molecule has 1 N–H and O–H groups in total. The molecule has 7 heteroatoms. The second kappa shape index (κ2) is 12.3. The van der Waals surface area contributed by atoms with E-state index in [1.807, 2.05) is 43.7 Å². The van der Waals surface area contributed by atoms with Gasteiger partial charge in [0.2, 0.25) is 0 Å². The molecule has 162 valence electrons. The Bertz CT molecular complexity index is 805. The maximum atomic E-state index is 12.6. The molecule has 6 nitrogen and oxygen atoms in total. The molecule has 1 heterocycles. The molecule has 0 saturated heterocycles. The van der Waals surface area contributed by atoms with Gasteiger partial charge in [-0.05, 0) is 44.6 Å². The number of hydrogen-bond acceptors (Lipinski definition) is 5. The fourth-order valence-corrected chi connectivity index (χ4v) is 3.15. The quantitative estimate of drug-likeness (QED) is 0.440. The van der Waals surface area contributed by atoms with Crippen LogP contribution in [0.5, 0.6) is 0 Å². The third-order valence-corrected chi connectivity index (χ3v) is 4.74. The average molecular weight is 422 g/mol. The van der Waals surface area contributed by atoms with Gasteiger partial charge >= 0.3 is 5.97 Å². The minimum absolute atomic E-state index is 0. The first-order valence-corrected chi connectivity index (χ1v) is 11.3. The van der Waals surface area contributed by atoms with Crippen LogP contribution in [0.2, 0.25) is 0 Å². The van der Waals surface area contributed by atoms with Crippen LogP contribution in [0, 0.1) is 12.8 Å². The second-order valence-electron chi connectivity index (χ2n) is 6.67. The van der Waals surface area contributed by atoms with E-state index in [1.165, 1.54) is 11.8 Å². The third kappa shape index (κ3) is 6.92. The molecule has 0 saturated carbocycles. The first-order valence-electron chi connectivity index (χ1n) is 10.1. The number of hydrogen-bond donors (Lipinski definition) is 1. The number of amides is 1. The maximum Gasteiger partial charge on any atom is 0.358 e. The number of aryl methyl sites for hydroxylation is 1. The van der Waals surface area contributed by atoms with Crippen molar-refractivity contribution in [3.8, 4) is 0 Å². The number of aromatic nitrogens is 2. The van der Waals surface area contributed by atoms with Crippen LogP contribution in [-0.4, -0.2) is 34.3 Å². The minimum atomic E-state index is -0.478. The zero-order valence-electron chi connectivity index (χ0n) is 18.5. The van der Waals surface area contributed by atoms with E-state index in [0.717, 1.165) is 12.0 Å². The van der Waals surface area contributed by atoms with Crippen LogP contribution < -0.4 is 5.32 Å². The Morgan fingerprint density at radius 3 is 2.38 bits per heavy atom. The Labute approximate surface area is 179 Å². The van der Waals surface area contributed by atoms with Crippen molar-refractivity contribution < 1.29 is 15.8 Å². The zero-order valence-corrected chi connectivity index (χ0v) is 19.4. The number of carbonyl (C=O) groups is 2. The van der Waals surface area contributed by atoms with Crippen LogP contribution in [-0.2, 0) is 11.3 Å². The molecule has 2 aromatic rings. The lowest BCUT2D eigenvalue weighted by Gasteiger charge is -2.12. The van der Waals surface area contributed by atoms with Crippen LogP contribution in [0.15, 0.2) is 29.4 Å². The van der Waals surface area contributed by atoms with E-state index < -0.39 is 5.97 Å². The Balaban J connectivity index is 0.00000272. The van der Waals surface area contributed by atoms with Crippen molar-refractivity contribution in [2.45, 2.75) is 59.7 Å². The fraction of sp³-hybridized carbons (Fsp3) is 0.500. The Kier molecular flexibility index (Phi) is 10.5. The normalized spacial score (nSPS) is 10.3. The SMILES string of the molecule is CC.CCOC(=O)c1c(NC(=O)c2ccc(C)cc2)nc(SC)n1CCC(C)C.[HH]. The van der Waals surface area contributed by atoms with E-state index in [2.05, 4.69) is 24.1 Å². The second-order valence-corrected chi connectivity index (χ2v) is 7.44. The smallest absolute Gasteiger partial charge is 0.358 e. The van der Waals surface area contributed by atoms with Gasteiger partial charge in [0.1, 0.15) is 0 Å². The first kappa shape index (κ1) is 24.8. The van der Waals surface area contributed by atoms with Crippen molar-refractivity contribution in [1.82, 2.24) is 9.55 Å². The number of nitrogens with one attached hydrogen (secondary N) is 1. The largest absolute Gasteiger partial charge is 0.461 e. The van der Waals surface area contributed by atoms with Gasteiger partial charge in [-0.3, -0.25) is 4.79 Å². The summed E-state index contributed by atoms with van der Waals surface area (Å²) in [4.78, 5) is 29.7.